The molecule has 0 heterocycles. The van der Waals surface area contributed by atoms with Crippen LogP contribution in [0.25, 0.3) is 0 Å². The highest BCUT2D eigenvalue weighted by Gasteiger charge is 2.15. The number of nitrogens with two attached hydrogens (primary N) is 1. The van der Waals surface area contributed by atoms with E-state index in [4.69, 9.17) is 10.5 Å². The minimum Gasteiger partial charge on any atom is -0.456 e. The number of nitriles is 1. The lowest BCUT2D eigenvalue weighted by Crippen LogP contribution is -2.00. The van der Waals surface area contributed by atoms with Gasteiger partial charge in [0.2, 0.25) is 0 Å². The summed E-state index contributed by atoms with van der Waals surface area (Å²) in [6.07, 6.45) is 0.0801. The van der Waals surface area contributed by atoms with Crippen LogP contribution in [-0.4, -0.2) is 0 Å². The molecule has 0 radical (unpaired) electrons. The fourth-order valence-corrected chi connectivity index (χ4v) is 3.01. The van der Waals surface area contributed by atoms with Crippen molar-refractivity contribution in [2.75, 3.05) is 5.73 Å². The predicted octanol–water partition coefficient (Wildman–Crippen LogP) is 5.41. The van der Waals surface area contributed by atoms with Gasteiger partial charge in [0, 0.05) is 27.8 Å². The average Bonchev–Trinajstić information content (AvgIpc) is 2.57. The molecule has 0 aromatic heterocycles. The van der Waals surface area contributed by atoms with Crippen molar-refractivity contribution in [1.29, 1.82) is 5.26 Å². The Labute approximate surface area is 163 Å². The van der Waals surface area contributed by atoms with Crippen molar-refractivity contribution in [3.63, 3.8) is 0 Å². The summed E-state index contributed by atoms with van der Waals surface area (Å²) in [7, 11) is 0. The molecule has 0 unspecified atom stereocenters. The maximum atomic E-state index is 14.1. The van der Waals surface area contributed by atoms with E-state index in [1.54, 1.807) is 36.4 Å². The van der Waals surface area contributed by atoms with E-state index < -0.39 is 11.6 Å². The number of anilines is 1. The first-order valence-corrected chi connectivity index (χ1v) is 8.74. The number of rotatable bonds is 4. The van der Waals surface area contributed by atoms with Gasteiger partial charge in [0.15, 0.2) is 0 Å². The van der Waals surface area contributed by atoms with E-state index >= 15 is 0 Å². The molecule has 6 heteroatoms. The molecule has 0 saturated heterocycles. The summed E-state index contributed by atoms with van der Waals surface area (Å²) in [5.74, 6) is -0.510. The Morgan fingerprint density at radius 1 is 1.04 bits per heavy atom. The van der Waals surface area contributed by atoms with Crippen molar-refractivity contribution >= 4 is 28.3 Å². The maximum absolute atomic E-state index is 14.1. The number of nitrogens with zero attached hydrogens (tertiary/aromatic N) is 1. The summed E-state index contributed by atoms with van der Waals surface area (Å²) in [6.45, 7) is 0. The first-order chi connectivity index (χ1) is 12.5. The van der Waals surface area contributed by atoms with E-state index in [1.165, 1.54) is 12.1 Å². The van der Waals surface area contributed by atoms with E-state index in [-0.39, 0.29) is 17.7 Å². The van der Waals surface area contributed by atoms with Crippen LogP contribution in [-0.2, 0) is 6.42 Å². The smallest absolute Gasteiger partial charge is 0.148 e. The highest BCUT2D eigenvalue weighted by Crippen LogP contribution is 2.31. The molecule has 0 bridgehead atoms. The molecule has 3 aromatic carbocycles. The summed E-state index contributed by atoms with van der Waals surface area (Å²) in [5, 5.41) is 9.54. The zero-order valence-corrected chi connectivity index (χ0v) is 15.6. The van der Waals surface area contributed by atoms with Crippen molar-refractivity contribution in [2.24, 2.45) is 0 Å². The summed E-state index contributed by atoms with van der Waals surface area (Å²) in [6, 6.07) is 15.8. The van der Waals surface area contributed by atoms with Gasteiger partial charge in [0.05, 0.1) is 5.56 Å². The number of nitrogen functional groups attached to an aromatic ring is 1. The molecule has 0 atom stereocenters. The fraction of sp³-hybridized carbons (Fsp3) is 0.0500. The molecule has 0 aliphatic heterocycles. The number of ether oxygens (including phenoxy) is 1. The molecule has 3 rings (SSSR count). The van der Waals surface area contributed by atoms with Crippen LogP contribution < -0.4 is 10.5 Å². The van der Waals surface area contributed by atoms with Gasteiger partial charge < -0.3 is 10.5 Å². The number of halogens is 3. The first kappa shape index (κ1) is 18.1. The third-order valence-electron chi connectivity index (χ3n) is 3.74. The Hall–Kier alpha value is -2.66. The highest BCUT2D eigenvalue weighted by molar-refractivity contribution is 14.1. The van der Waals surface area contributed by atoms with Crippen molar-refractivity contribution in [3.8, 4) is 17.6 Å². The lowest BCUT2D eigenvalue weighted by atomic mass is 9.99. The van der Waals surface area contributed by atoms with Crippen molar-refractivity contribution < 1.29 is 13.5 Å². The molecule has 0 fully saturated rings. The van der Waals surface area contributed by atoms with Crippen LogP contribution in [0.5, 0.6) is 11.5 Å². The third-order valence-corrected chi connectivity index (χ3v) is 4.41. The molecule has 0 spiro atoms. The molecular formula is C20H13F2IN2O. The SMILES string of the molecule is N#Cc1c(Cc2ccc(I)cc2F)cc(F)cc1Oc1cccc(N)c1. The largest absolute Gasteiger partial charge is 0.456 e. The van der Waals surface area contributed by atoms with Crippen LogP contribution in [0.3, 0.4) is 0 Å². The molecule has 130 valence electrons. The summed E-state index contributed by atoms with van der Waals surface area (Å²) in [4.78, 5) is 0. The number of hydrogen-bond acceptors (Lipinski definition) is 3. The average molecular weight is 462 g/mol. The molecule has 2 N–H and O–H groups in total. The van der Waals surface area contributed by atoms with Crippen molar-refractivity contribution in [1.82, 2.24) is 0 Å². The predicted molar refractivity (Wildman–Crippen MR) is 104 cm³/mol. The summed E-state index contributed by atoms with van der Waals surface area (Å²) in [5.41, 5.74) is 7.09. The highest BCUT2D eigenvalue weighted by atomic mass is 127. The second kappa shape index (κ2) is 7.70. The van der Waals surface area contributed by atoms with E-state index in [0.717, 1.165) is 9.64 Å². The molecule has 0 amide bonds. The van der Waals surface area contributed by atoms with E-state index in [1.807, 2.05) is 28.7 Å². The Balaban J connectivity index is 2.01. The molecule has 0 aliphatic carbocycles. The van der Waals surface area contributed by atoms with Gasteiger partial charge in [-0.05, 0) is 64.0 Å². The lowest BCUT2D eigenvalue weighted by Gasteiger charge is -2.12. The van der Waals surface area contributed by atoms with Gasteiger partial charge in [-0.15, -0.1) is 0 Å². The molecule has 26 heavy (non-hydrogen) atoms. The standard InChI is InChI=1S/C20H13F2IN2O/c21-14-7-13(6-12-4-5-15(23)9-19(12)22)18(11-24)20(8-14)26-17-3-1-2-16(25)10-17/h1-5,7-10H,6,25H2. The van der Waals surface area contributed by atoms with Crippen molar-refractivity contribution in [2.45, 2.75) is 6.42 Å². The Kier molecular flexibility index (Phi) is 5.38. The topological polar surface area (TPSA) is 59.0 Å². The van der Waals surface area contributed by atoms with Crippen LogP contribution in [0.4, 0.5) is 14.5 Å². The molecule has 0 saturated carbocycles. The van der Waals surface area contributed by atoms with Crippen LogP contribution in [0, 0.1) is 26.5 Å². The zero-order valence-electron chi connectivity index (χ0n) is 13.5. The van der Waals surface area contributed by atoms with Crippen LogP contribution in [0.1, 0.15) is 16.7 Å². The normalized spacial score (nSPS) is 10.4. The Morgan fingerprint density at radius 2 is 1.85 bits per heavy atom. The summed E-state index contributed by atoms with van der Waals surface area (Å²) < 4.78 is 34.6. The van der Waals surface area contributed by atoms with Crippen LogP contribution in [0.15, 0.2) is 54.6 Å². The number of benzene rings is 3. The minimum absolute atomic E-state index is 0.0685. The van der Waals surface area contributed by atoms with Gasteiger partial charge in [0.1, 0.15) is 29.2 Å². The molecule has 0 aliphatic rings. The van der Waals surface area contributed by atoms with Gasteiger partial charge in [-0.3, -0.25) is 0 Å². The monoisotopic (exact) mass is 462 g/mol. The zero-order chi connectivity index (χ0) is 18.7. The quantitative estimate of drug-likeness (QED) is 0.417. The van der Waals surface area contributed by atoms with E-state index in [0.29, 0.717) is 22.6 Å². The van der Waals surface area contributed by atoms with Crippen molar-refractivity contribution in [3.05, 3.63) is 86.5 Å². The van der Waals surface area contributed by atoms with Crippen LogP contribution in [0.2, 0.25) is 0 Å². The second-order valence-electron chi connectivity index (χ2n) is 5.64. The van der Waals surface area contributed by atoms with Gasteiger partial charge in [-0.2, -0.15) is 5.26 Å². The maximum Gasteiger partial charge on any atom is 0.148 e. The minimum atomic E-state index is -0.566. The lowest BCUT2D eigenvalue weighted by molar-refractivity contribution is 0.474. The molecule has 3 nitrogen and oxygen atoms in total. The molecule has 3 aromatic rings. The van der Waals surface area contributed by atoms with Gasteiger partial charge in [-0.1, -0.05) is 12.1 Å². The van der Waals surface area contributed by atoms with E-state index in [9.17, 15) is 14.0 Å². The van der Waals surface area contributed by atoms with Gasteiger partial charge in [0.25, 0.3) is 0 Å². The van der Waals surface area contributed by atoms with Crippen LogP contribution >= 0.6 is 22.6 Å². The first-order valence-electron chi connectivity index (χ1n) is 7.66. The second-order valence-corrected chi connectivity index (χ2v) is 6.88. The molecular weight excluding hydrogens is 449 g/mol. The third kappa shape index (κ3) is 4.11. The summed E-state index contributed by atoms with van der Waals surface area (Å²) >= 11 is 2.01. The Bertz CT molecular complexity index is 1020. The van der Waals surface area contributed by atoms with Gasteiger partial charge >= 0.3 is 0 Å². The van der Waals surface area contributed by atoms with Gasteiger partial charge in [-0.25, -0.2) is 8.78 Å². The number of hydrogen-bond donors (Lipinski definition) is 1. The fourth-order valence-electron chi connectivity index (χ4n) is 2.56. The van der Waals surface area contributed by atoms with E-state index in [2.05, 4.69) is 0 Å². The Morgan fingerprint density at radius 3 is 2.54 bits per heavy atom.